The summed E-state index contributed by atoms with van der Waals surface area (Å²) in [5.41, 5.74) is 24.6. The molecule has 2 fully saturated rings. The molecule has 0 saturated heterocycles. The van der Waals surface area contributed by atoms with E-state index in [1.54, 1.807) is 0 Å². The maximum Gasteiger partial charge on any atom is 0.0862 e. The molecule has 0 heterocycles. The van der Waals surface area contributed by atoms with Gasteiger partial charge >= 0.3 is 0 Å². The summed E-state index contributed by atoms with van der Waals surface area (Å²) < 4.78 is 0. The molecule has 27 heavy (non-hydrogen) atoms. The Morgan fingerprint density at radius 2 is 1.04 bits per heavy atom. The van der Waals surface area contributed by atoms with Crippen molar-refractivity contribution in [1.82, 2.24) is 0 Å². The molecule has 0 amide bonds. The van der Waals surface area contributed by atoms with Gasteiger partial charge in [-0.1, -0.05) is 40.5 Å². The summed E-state index contributed by atoms with van der Waals surface area (Å²) in [5, 5.41) is 0. The molecule has 0 aliphatic heterocycles. The molecule has 0 aromatic heterocycles. The molecule has 0 aromatic rings. The fourth-order valence-corrected chi connectivity index (χ4v) is 6.85. The minimum Gasteiger partial charge on any atom is -0.312 e. The molecular formula is C21H42Cl2N4. The molecule has 4 nitrogen and oxygen atoms in total. The molecule has 6 heteroatoms. The molecule has 0 spiro atoms. The topological polar surface area (TPSA) is 104 Å². The molecule has 160 valence electrons. The average molecular weight is 422 g/mol. The van der Waals surface area contributed by atoms with Crippen LogP contribution < -0.4 is 22.9 Å². The van der Waals surface area contributed by atoms with E-state index in [4.69, 9.17) is 46.1 Å². The highest BCUT2D eigenvalue weighted by Crippen LogP contribution is 2.52. The van der Waals surface area contributed by atoms with Crippen LogP contribution in [0.15, 0.2) is 0 Å². The van der Waals surface area contributed by atoms with Crippen LogP contribution in [0, 0.1) is 23.7 Å². The first kappa shape index (κ1) is 23.7. The zero-order valence-electron chi connectivity index (χ0n) is 17.7. The number of alkyl halides is 2. The second-order valence-corrected chi connectivity index (χ2v) is 11.0. The van der Waals surface area contributed by atoms with Crippen LogP contribution in [0.2, 0.25) is 0 Å². The smallest absolute Gasteiger partial charge is 0.0862 e. The predicted molar refractivity (Wildman–Crippen MR) is 118 cm³/mol. The minimum absolute atomic E-state index is 0.245. The first-order valence-electron chi connectivity index (χ1n) is 10.9. The highest BCUT2D eigenvalue weighted by atomic mass is 35.5. The van der Waals surface area contributed by atoms with E-state index in [1.807, 2.05) is 0 Å². The molecule has 2 rings (SSSR count). The quantitative estimate of drug-likeness (QED) is 0.380. The molecule has 0 radical (unpaired) electrons. The third-order valence-electron chi connectivity index (χ3n) is 8.14. The maximum absolute atomic E-state index is 7.01. The Balaban J connectivity index is 2.19. The summed E-state index contributed by atoms with van der Waals surface area (Å²) >= 11 is 14.0. The van der Waals surface area contributed by atoms with E-state index >= 15 is 0 Å². The van der Waals surface area contributed by atoms with Crippen molar-refractivity contribution in [2.75, 3.05) is 0 Å². The van der Waals surface area contributed by atoms with Crippen LogP contribution in [0.5, 0.6) is 0 Å². The molecular weight excluding hydrogens is 379 g/mol. The van der Waals surface area contributed by atoms with Crippen LogP contribution in [0.25, 0.3) is 0 Å². The number of rotatable bonds is 6. The lowest BCUT2D eigenvalue weighted by atomic mass is 9.60. The average Bonchev–Trinajstić information content (AvgIpc) is 2.60. The number of hydrogen-bond acceptors (Lipinski definition) is 4. The summed E-state index contributed by atoms with van der Waals surface area (Å²) in [4.78, 5) is -1.08. The Hall–Kier alpha value is 0.420. The largest absolute Gasteiger partial charge is 0.312 e. The first-order valence-corrected chi connectivity index (χ1v) is 11.7. The van der Waals surface area contributed by atoms with Crippen molar-refractivity contribution in [3.63, 3.8) is 0 Å². The Morgan fingerprint density at radius 3 is 1.30 bits per heavy atom. The van der Waals surface area contributed by atoms with Gasteiger partial charge in [0, 0.05) is 0 Å². The van der Waals surface area contributed by atoms with Gasteiger partial charge in [0.05, 0.1) is 21.1 Å². The second-order valence-electron chi connectivity index (χ2n) is 9.56. The highest BCUT2D eigenvalue weighted by Gasteiger charge is 2.56. The van der Waals surface area contributed by atoms with Crippen LogP contribution in [-0.2, 0) is 0 Å². The molecule has 2 saturated carbocycles. The van der Waals surface area contributed by atoms with E-state index < -0.39 is 21.1 Å². The van der Waals surface area contributed by atoms with Crippen LogP contribution in [0.4, 0.5) is 0 Å². The summed E-state index contributed by atoms with van der Waals surface area (Å²) in [7, 11) is 0. The van der Waals surface area contributed by atoms with Gasteiger partial charge in [0.25, 0.3) is 0 Å². The normalized spacial score (nSPS) is 44.2. The number of halogens is 2. The van der Waals surface area contributed by atoms with Crippen molar-refractivity contribution in [3.8, 4) is 0 Å². The van der Waals surface area contributed by atoms with Gasteiger partial charge < -0.3 is 22.9 Å². The number of nitrogens with two attached hydrogens (primary N) is 4. The van der Waals surface area contributed by atoms with E-state index in [9.17, 15) is 0 Å². The molecule has 2 aliphatic carbocycles. The third-order valence-corrected chi connectivity index (χ3v) is 9.63. The summed E-state index contributed by atoms with van der Waals surface area (Å²) in [6, 6.07) is 0. The molecule has 6 unspecified atom stereocenters. The third kappa shape index (κ3) is 4.04. The lowest BCUT2D eigenvalue weighted by Crippen LogP contribution is -2.72. The van der Waals surface area contributed by atoms with E-state index in [0.717, 1.165) is 57.8 Å². The fraction of sp³-hybridized carbons (Fsp3) is 1.00. The van der Waals surface area contributed by atoms with Crippen molar-refractivity contribution < 1.29 is 0 Å². The Labute approximate surface area is 176 Å². The lowest BCUT2D eigenvalue weighted by molar-refractivity contribution is 0.0459. The fourth-order valence-electron chi connectivity index (χ4n) is 6.10. The van der Waals surface area contributed by atoms with E-state index in [2.05, 4.69) is 27.7 Å². The van der Waals surface area contributed by atoms with Gasteiger partial charge in [-0.2, -0.15) is 0 Å². The predicted octanol–water partition coefficient (Wildman–Crippen LogP) is 4.25. The second kappa shape index (κ2) is 8.28. The molecule has 0 bridgehead atoms. The van der Waals surface area contributed by atoms with E-state index in [-0.39, 0.29) is 11.8 Å². The SMILES string of the molecule is CCC1CC(CC2CC(CC)C(N)(N)C(Cl)(CC)C2)CC(Cl)(CC)C1(N)N. The van der Waals surface area contributed by atoms with Crippen LogP contribution in [0.3, 0.4) is 0 Å². The lowest BCUT2D eigenvalue weighted by Gasteiger charge is -2.55. The van der Waals surface area contributed by atoms with Gasteiger partial charge in [0.2, 0.25) is 0 Å². The zero-order valence-corrected chi connectivity index (χ0v) is 19.3. The van der Waals surface area contributed by atoms with Crippen molar-refractivity contribution in [1.29, 1.82) is 0 Å². The summed E-state index contributed by atoms with van der Waals surface area (Å²) in [5.74, 6) is 1.54. The van der Waals surface area contributed by atoms with Crippen LogP contribution in [-0.4, -0.2) is 21.1 Å². The molecule has 2 aliphatic rings. The van der Waals surface area contributed by atoms with Gasteiger partial charge in [-0.25, -0.2) is 0 Å². The van der Waals surface area contributed by atoms with Crippen molar-refractivity contribution in [2.45, 2.75) is 107 Å². The summed E-state index contributed by atoms with van der Waals surface area (Å²) in [6.07, 6.45) is 8.46. The monoisotopic (exact) mass is 420 g/mol. The van der Waals surface area contributed by atoms with Crippen LogP contribution in [0.1, 0.15) is 85.5 Å². The van der Waals surface area contributed by atoms with Crippen LogP contribution >= 0.6 is 23.2 Å². The molecule has 8 N–H and O–H groups in total. The minimum atomic E-state index is -0.809. The van der Waals surface area contributed by atoms with Gasteiger partial charge in [0.1, 0.15) is 0 Å². The number of hydrogen-bond donors (Lipinski definition) is 4. The van der Waals surface area contributed by atoms with Gasteiger partial charge in [0.15, 0.2) is 0 Å². The van der Waals surface area contributed by atoms with Crippen molar-refractivity contribution >= 4 is 23.2 Å². The van der Waals surface area contributed by atoms with Gasteiger partial charge in [-0.3, -0.25) is 0 Å². The van der Waals surface area contributed by atoms with Crippen molar-refractivity contribution in [2.24, 2.45) is 46.6 Å². The highest BCUT2D eigenvalue weighted by molar-refractivity contribution is 6.25. The van der Waals surface area contributed by atoms with E-state index in [0.29, 0.717) is 11.8 Å². The van der Waals surface area contributed by atoms with Crippen molar-refractivity contribution in [3.05, 3.63) is 0 Å². The van der Waals surface area contributed by atoms with Gasteiger partial charge in [-0.15, -0.1) is 23.2 Å². The maximum atomic E-state index is 7.01. The Kier molecular flexibility index (Phi) is 7.26. The Morgan fingerprint density at radius 1 is 0.704 bits per heavy atom. The molecule has 0 aromatic carbocycles. The Bertz CT molecular complexity index is 468. The molecule has 6 atom stereocenters. The van der Waals surface area contributed by atoms with Gasteiger partial charge in [-0.05, 0) is 68.6 Å². The zero-order chi connectivity index (χ0) is 20.7. The first-order chi connectivity index (χ1) is 12.4. The standard InChI is InChI=1S/C21H42Cl2N4/c1-5-16-10-14(12-18(22,7-3)20(16,24)25)9-15-11-17(6-2)21(26,27)19(23,8-4)13-15/h14-17H,5-13,24-27H2,1-4H3. The summed E-state index contributed by atoms with van der Waals surface area (Å²) in [6.45, 7) is 8.53. The van der Waals surface area contributed by atoms with E-state index in [1.165, 1.54) is 0 Å².